The molecule has 1 nitrogen and oxygen atoms in total. The van der Waals surface area contributed by atoms with Crippen LogP contribution in [0.15, 0.2) is 41.3 Å². The summed E-state index contributed by atoms with van der Waals surface area (Å²) < 4.78 is 33.4. The molecule has 0 bridgehead atoms. The van der Waals surface area contributed by atoms with Crippen LogP contribution < -0.4 is 4.74 Å². The third-order valence-corrected chi connectivity index (χ3v) is 7.32. The normalized spacial score (nSPS) is 19.1. The molecule has 0 saturated heterocycles. The number of thioether (sulfide) groups is 1. The Morgan fingerprint density at radius 2 is 1.63 bits per heavy atom. The second-order valence-corrected chi connectivity index (χ2v) is 9.38. The van der Waals surface area contributed by atoms with Gasteiger partial charge in [-0.25, -0.2) is 4.39 Å². The van der Waals surface area contributed by atoms with Crippen molar-refractivity contribution in [3.05, 3.63) is 59.2 Å². The van der Waals surface area contributed by atoms with Gasteiger partial charge in [-0.15, -0.1) is 11.8 Å². The fourth-order valence-corrected chi connectivity index (χ4v) is 5.30. The van der Waals surface area contributed by atoms with Crippen LogP contribution in [0.25, 0.3) is 0 Å². The first kappa shape index (κ1) is 23.1. The Hall–Kier alpha value is -1.55. The first-order chi connectivity index (χ1) is 14.6. The van der Waals surface area contributed by atoms with E-state index in [1.54, 1.807) is 13.0 Å². The van der Waals surface area contributed by atoms with E-state index in [4.69, 9.17) is 4.74 Å². The van der Waals surface area contributed by atoms with Gasteiger partial charge in [0.1, 0.15) is 0 Å². The summed E-state index contributed by atoms with van der Waals surface area (Å²) in [6, 6.07) is 11.8. The summed E-state index contributed by atoms with van der Waals surface area (Å²) in [6.45, 7) is 4.34. The summed E-state index contributed by atoms with van der Waals surface area (Å²) in [4.78, 5) is 0.321. The van der Waals surface area contributed by atoms with Gasteiger partial charge in [0.2, 0.25) is 5.82 Å². The summed E-state index contributed by atoms with van der Waals surface area (Å²) in [6.07, 6.45) is 10.8. The minimum absolute atomic E-state index is 0.0243. The van der Waals surface area contributed by atoms with Gasteiger partial charge in [0, 0.05) is 10.6 Å². The minimum atomic E-state index is -0.900. The highest BCUT2D eigenvalue weighted by molar-refractivity contribution is 7.98. The van der Waals surface area contributed by atoms with Gasteiger partial charge >= 0.3 is 0 Å². The third-order valence-electron chi connectivity index (χ3n) is 6.22. The molecule has 0 unspecified atom stereocenters. The van der Waals surface area contributed by atoms with Crippen molar-refractivity contribution in [1.29, 1.82) is 0 Å². The second kappa shape index (κ2) is 11.7. The summed E-state index contributed by atoms with van der Waals surface area (Å²) in [5.74, 6) is 0.471. The molecule has 1 aliphatic carbocycles. The molecule has 1 aliphatic rings. The molecule has 2 aromatic carbocycles. The molecule has 0 aromatic heterocycles. The van der Waals surface area contributed by atoms with Gasteiger partial charge in [0.05, 0.1) is 6.61 Å². The van der Waals surface area contributed by atoms with Crippen LogP contribution in [-0.4, -0.2) is 6.61 Å². The van der Waals surface area contributed by atoms with Crippen molar-refractivity contribution in [3.8, 4) is 5.75 Å². The molecule has 0 spiro atoms. The van der Waals surface area contributed by atoms with Gasteiger partial charge in [-0.05, 0) is 67.7 Å². The number of halogens is 2. The number of ether oxygens (including phenoxy) is 1. The molecule has 0 aliphatic heterocycles. The van der Waals surface area contributed by atoms with Crippen LogP contribution in [0.2, 0.25) is 0 Å². The first-order valence-electron chi connectivity index (χ1n) is 11.4. The number of rotatable bonds is 10. The SMILES string of the molecule is CCCCCC1CCC(c2ccc(CSc3ccc(OCC)c(F)c3F)cc2)CC1. The van der Waals surface area contributed by atoms with E-state index < -0.39 is 11.6 Å². The van der Waals surface area contributed by atoms with Crippen molar-refractivity contribution in [2.75, 3.05) is 6.61 Å². The first-order valence-corrected chi connectivity index (χ1v) is 12.4. The van der Waals surface area contributed by atoms with Crippen LogP contribution in [0.4, 0.5) is 8.78 Å². The van der Waals surface area contributed by atoms with Crippen molar-refractivity contribution in [3.63, 3.8) is 0 Å². The van der Waals surface area contributed by atoms with Gasteiger partial charge in [0.15, 0.2) is 11.6 Å². The quantitative estimate of drug-likeness (QED) is 0.275. The fourth-order valence-electron chi connectivity index (χ4n) is 4.41. The lowest BCUT2D eigenvalue weighted by Crippen LogP contribution is -2.13. The van der Waals surface area contributed by atoms with Gasteiger partial charge in [-0.3, -0.25) is 0 Å². The maximum absolute atomic E-state index is 14.2. The highest BCUT2D eigenvalue weighted by atomic mass is 32.2. The summed E-state index contributed by atoms with van der Waals surface area (Å²) >= 11 is 1.32. The maximum Gasteiger partial charge on any atom is 0.201 e. The van der Waals surface area contributed by atoms with Crippen molar-refractivity contribution in [2.24, 2.45) is 5.92 Å². The Labute approximate surface area is 184 Å². The van der Waals surface area contributed by atoms with Crippen LogP contribution >= 0.6 is 11.8 Å². The Morgan fingerprint density at radius 1 is 0.900 bits per heavy atom. The van der Waals surface area contributed by atoms with Gasteiger partial charge in [0.25, 0.3) is 0 Å². The topological polar surface area (TPSA) is 9.23 Å². The average Bonchev–Trinajstić information content (AvgIpc) is 2.78. The van der Waals surface area contributed by atoms with Crippen LogP contribution in [-0.2, 0) is 5.75 Å². The zero-order valence-electron chi connectivity index (χ0n) is 18.3. The minimum Gasteiger partial charge on any atom is -0.491 e. The zero-order valence-corrected chi connectivity index (χ0v) is 19.1. The second-order valence-electron chi connectivity index (χ2n) is 8.37. The van der Waals surface area contributed by atoms with Crippen molar-refractivity contribution in [2.45, 2.75) is 81.8 Å². The molecule has 0 radical (unpaired) electrons. The highest BCUT2D eigenvalue weighted by Crippen LogP contribution is 2.38. The molecule has 0 atom stereocenters. The van der Waals surface area contributed by atoms with Crippen molar-refractivity contribution < 1.29 is 13.5 Å². The van der Waals surface area contributed by atoms with E-state index >= 15 is 0 Å². The van der Waals surface area contributed by atoms with Gasteiger partial charge in [-0.1, -0.05) is 56.9 Å². The Morgan fingerprint density at radius 3 is 2.30 bits per heavy atom. The molecule has 30 heavy (non-hydrogen) atoms. The molecule has 0 heterocycles. The van der Waals surface area contributed by atoms with Crippen LogP contribution in [0.5, 0.6) is 5.75 Å². The molecule has 164 valence electrons. The van der Waals surface area contributed by atoms with Gasteiger partial charge < -0.3 is 4.74 Å². The van der Waals surface area contributed by atoms with E-state index in [1.165, 1.54) is 74.8 Å². The number of unbranched alkanes of at least 4 members (excludes halogenated alkanes) is 2. The Bertz CT molecular complexity index is 782. The summed E-state index contributed by atoms with van der Waals surface area (Å²) in [7, 11) is 0. The lowest BCUT2D eigenvalue weighted by atomic mass is 9.77. The highest BCUT2D eigenvalue weighted by Gasteiger charge is 2.22. The monoisotopic (exact) mass is 432 g/mol. The van der Waals surface area contributed by atoms with E-state index in [2.05, 4.69) is 31.2 Å². The maximum atomic E-state index is 14.2. The molecule has 1 saturated carbocycles. The Balaban J connectivity index is 1.50. The van der Waals surface area contributed by atoms with Crippen molar-refractivity contribution >= 4 is 11.8 Å². The molecule has 1 fully saturated rings. The lowest BCUT2D eigenvalue weighted by molar-refractivity contribution is 0.303. The van der Waals surface area contributed by atoms with Crippen LogP contribution in [0.1, 0.15) is 82.3 Å². The predicted molar refractivity (Wildman–Crippen MR) is 122 cm³/mol. The summed E-state index contributed by atoms with van der Waals surface area (Å²) in [5, 5.41) is 0. The largest absolute Gasteiger partial charge is 0.491 e. The van der Waals surface area contributed by atoms with Gasteiger partial charge in [-0.2, -0.15) is 4.39 Å². The van der Waals surface area contributed by atoms with E-state index in [1.807, 2.05) is 0 Å². The number of benzene rings is 2. The molecule has 4 heteroatoms. The van der Waals surface area contributed by atoms with E-state index in [0.29, 0.717) is 23.2 Å². The molecule has 0 amide bonds. The molecular formula is C26H34F2OS. The van der Waals surface area contributed by atoms with Crippen LogP contribution in [0.3, 0.4) is 0 Å². The van der Waals surface area contributed by atoms with Crippen LogP contribution in [0, 0.1) is 17.6 Å². The molecule has 3 rings (SSSR count). The third kappa shape index (κ3) is 6.23. The van der Waals surface area contributed by atoms with E-state index in [9.17, 15) is 8.78 Å². The smallest absolute Gasteiger partial charge is 0.201 e. The van der Waals surface area contributed by atoms with Crippen molar-refractivity contribution in [1.82, 2.24) is 0 Å². The molecule has 0 N–H and O–H groups in total. The summed E-state index contributed by atoms with van der Waals surface area (Å²) in [5.41, 5.74) is 2.56. The zero-order chi connectivity index (χ0) is 21.3. The average molecular weight is 433 g/mol. The fraction of sp³-hybridized carbons (Fsp3) is 0.538. The lowest BCUT2D eigenvalue weighted by Gasteiger charge is -2.29. The Kier molecular flexibility index (Phi) is 9.05. The molecule has 2 aromatic rings. The van der Waals surface area contributed by atoms with E-state index in [0.717, 1.165) is 11.5 Å². The predicted octanol–water partition coefficient (Wildman–Crippen LogP) is 8.51. The molecular weight excluding hydrogens is 398 g/mol. The number of hydrogen-bond donors (Lipinski definition) is 0. The number of hydrogen-bond acceptors (Lipinski definition) is 2. The van der Waals surface area contributed by atoms with E-state index in [-0.39, 0.29) is 5.75 Å². The standard InChI is InChI=1S/C26H34F2OS/c1-3-5-6-7-19-8-12-21(13-9-19)22-14-10-20(11-15-22)18-30-24-17-16-23(29-4-2)25(27)26(24)28/h10-11,14-17,19,21H,3-9,12-13,18H2,1-2H3.